The van der Waals surface area contributed by atoms with E-state index in [1.807, 2.05) is 0 Å². The number of hydrogen-bond acceptors (Lipinski definition) is 3. The van der Waals surface area contributed by atoms with E-state index >= 15 is 0 Å². The number of hydrogen-bond donors (Lipinski definition) is 2. The molecule has 120 valence electrons. The van der Waals surface area contributed by atoms with Crippen molar-refractivity contribution in [2.75, 3.05) is 6.54 Å². The summed E-state index contributed by atoms with van der Waals surface area (Å²) in [4.78, 5) is 9.32. The van der Waals surface area contributed by atoms with Crippen LogP contribution < -0.4 is 10.6 Å². The third-order valence-corrected chi connectivity index (χ3v) is 4.30. The molecule has 0 bridgehead atoms. The summed E-state index contributed by atoms with van der Waals surface area (Å²) in [5.41, 5.74) is 1.27. The van der Waals surface area contributed by atoms with Gasteiger partial charge in [-0.15, -0.1) is 35.3 Å². The molecule has 1 fully saturated rings. The topological polar surface area (TPSA) is 49.3 Å². The van der Waals surface area contributed by atoms with Gasteiger partial charge in [-0.3, -0.25) is 0 Å². The second kappa shape index (κ2) is 7.76. The number of nitrogens with one attached hydrogen (secondary N) is 2. The van der Waals surface area contributed by atoms with Gasteiger partial charge >= 0.3 is 0 Å². The van der Waals surface area contributed by atoms with E-state index in [0.29, 0.717) is 12.6 Å². The van der Waals surface area contributed by atoms with Crippen LogP contribution >= 0.6 is 35.3 Å². The van der Waals surface area contributed by atoms with Crippen LogP contribution in [0.1, 0.15) is 51.7 Å². The summed E-state index contributed by atoms with van der Waals surface area (Å²) in [7, 11) is 0. The zero-order valence-corrected chi connectivity index (χ0v) is 16.7. The summed E-state index contributed by atoms with van der Waals surface area (Å²) in [5.74, 6) is 1.68. The molecule has 4 nitrogen and oxygen atoms in total. The van der Waals surface area contributed by atoms with E-state index in [0.717, 1.165) is 29.1 Å². The molecule has 1 heterocycles. The lowest BCUT2D eigenvalue weighted by Crippen LogP contribution is -2.39. The largest absolute Gasteiger partial charge is 0.357 e. The molecule has 21 heavy (non-hydrogen) atoms. The van der Waals surface area contributed by atoms with Crippen molar-refractivity contribution in [2.24, 2.45) is 10.9 Å². The average Bonchev–Trinajstić information content (AvgIpc) is 2.88. The molecule has 1 aliphatic rings. The Labute approximate surface area is 149 Å². The molecule has 1 aromatic heterocycles. The molecule has 0 radical (unpaired) electrons. The Morgan fingerprint density at radius 2 is 2.14 bits per heavy atom. The molecular formula is C15H27IN4S. The van der Waals surface area contributed by atoms with Crippen molar-refractivity contribution in [3.8, 4) is 0 Å². The second-order valence-electron chi connectivity index (χ2n) is 6.54. The van der Waals surface area contributed by atoms with E-state index in [9.17, 15) is 0 Å². The van der Waals surface area contributed by atoms with Gasteiger partial charge in [0.25, 0.3) is 0 Å². The first-order valence-electron chi connectivity index (χ1n) is 7.40. The molecule has 0 spiro atoms. The molecule has 0 amide bonds. The predicted octanol–water partition coefficient (Wildman–Crippen LogP) is 3.52. The van der Waals surface area contributed by atoms with Crippen molar-refractivity contribution in [1.82, 2.24) is 15.6 Å². The predicted molar refractivity (Wildman–Crippen MR) is 102 cm³/mol. The quantitative estimate of drug-likeness (QED) is 0.444. The normalized spacial score (nSPS) is 21.7. The minimum Gasteiger partial charge on any atom is -0.357 e. The lowest BCUT2D eigenvalue weighted by Gasteiger charge is -2.14. The Morgan fingerprint density at radius 3 is 2.62 bits per heavy atom. The van der Waals surface area contributed by atoms with Gasteiger partial charge in [-0.05, 0) is 19.3 Å². The number of nitrogens with zero attached hydrogens (tertiary/aromatic N) is 2. The van der Waals surface area contributed by atoms with Gasteiger partial charge in [-0.25, -0.2) is 9.98 Å². The Kier molecular flexibility index (Phi) is 6.90. The van der Waals surface area contributed by atoms with E-state index in [4.69, 9.17) is 0 Å². The third-order valence-electron chi connectivity index (χ3n) is 3.47. The highest BCUT2D eigenvalue weighted by atomic mass is 127. The first kappa shape index (κ1) is 18.7. The first-order valence-corrected chi connectivity index (χ1v) is 8.28. The van der Waals surface area contributed by atoms with Gasteiger partial charge in [-0.2, -0.15) is 0 Å². The standard InChI is InChI=1S/C15H26N4S.HI/c1-6-16-14(18-11-7-10(11)2)17-8-13-19-12(9-20-13)15(3,4)5;/h9-11H,6-8H2,1-5H3,(H2,16,17,18);1H. The molecule has 0 saturated heterocycles. The second-order valence-corrected chi connectivity index (χ2v) is 7.48. The van der Waals surface area contributed by atoms with Gasteiger partial charge in [0, 0.05) is 23.4 Å². The first-order chi connectivity index (χ1) is 9.40. The smallest absolute Gasteiger partial charge is 0.191 e. The summed E-state index contributed by atoms with van der Waals surface area (Å²) in [6.45, 7) is 12.5. The number of guanidine groups is 1. The van der Waals surface area contributed by atoms with E-state index in [2.05, 4.69) is 60.6 Å². The van der Waals surface area contributed by atoms with Crippen LogP contribution in [0.2, 0.25) is 0 Å². The summed E-state index contributed by atoms with van der Waals surface area (Å²) in [6.07, 6.45) is 1.25. The van der Waals surface area contributed by atoms with Gasteiger partial charge in [0.2, 0.25) is 0 Å². The fourth-order valence-corrected chi connectivity index (χ4v) is 2.84. The lowest BCUT2D eigenvalue weighted by atomic mass is 9.93. The molecule has 1 saturated carbocycles. The number of aliphatic imine (C=N–C) groups is 1. The lowest BCUT2D eigenvalue weighted by molar-refractivity contribution is 0.571. The van der Waals surface area contributed by atoms with Crippen LogP contribution in [-0.2, 0) is 12.0 Å². The average molecular weight is 422 g/mol. The van der Waals surface area contributed by atoms with E-state index in [1.165, 1.54) is 6.42 Å². The summed E-state index contributed by atoms with van der Waals surface area (Å²) >= 11 is 1.70. The van der Waals surface area contributed by atoms with Crippen LogP contribution in [0.5, 0.6) is 0 Å². The van der Waals surface area contributed by atoms with Crippen LogP contribution in [0.15, 0.2) is 10.4 Å². The minimum atomic E-state index is 0. The summed E-state index contributed by atoms with van der Waals surface area (Å²) < 4.78 is 0. The van der Waals surface area contributed by atoms with Crippen molar-refractivity contribution < 1.29 is 0 Å². The number of thiazole rings is 1. The van der Waals surface area contributed by atoms with E-state index in [-0.39, 0.29) is 29.4 Å². The minimum absolute atomic E-state index is 0. The summed E-state index contributed by atoms with van der Waals surface area (Å²) in [6, 6.07) is 0.592. The highest BCUT2D eigenvalue weighted by Crippen LogP contribution is 2.29. The van der Waals surface area contributed by atoms with Gasteiger partial charge in [0.05, 0.1) is 12.2 Å². The zero-order chi connectivity index (χ0) is 14.8. The molecular weight excluding hydrogens is 395 g/mol. The third kappa shape index (κ3) is 5.73. The molecule has 1 aromatic rings. The van der Waals surface area contributed by atoms with Crippen molar-refractivity contribution in [2.45, 2.75) is 59.0 Å². The zero-order valence-electron chi connectivity index (χ0n) is 13.6. The van der Waals surface area contributed by atoms with Crippen molar-refractivity contribution in [3.05, 3.63) is 16.1 Å². The molecule has 1 aliphatic carbocycles. The molecule has 2 unspecified atom stereocenters. The van der Waals surface area contributed by atoms with Crippen LogP contribution in [0.4, 0.5) is 0 Å². The van der Waals surface area contributed by atoms with Gasteiger partial charge in [-0.1, -0.05) is 27.7 Å². The molecule has 0 aromatic carbocycles. The summed E-state index contributed by atoms with van der Waals surface area (Å²) in [5, 5.41) is 9.99. The highest BCUT2D eigenvalue weighted by Gasteiger charge is 2.33. The fraction of sp³-hybridized carbons (Fsp3) is 0.733. The Balaban J connectivity index is 0.00000220. The maximum absolute atomic E-state index is 4.68. The van der Waals surface area contributed by atoms with Gasteiger partial charge < -0.3 is 10.6 Å². The Morgan fingerprint density at radius 1 is 1.48 bits per heavy atom. The van der Waals surface area contributed by atoms with Crippen LogP contribution in [0.25, 0.3) is 0 Å². The van der Waals surface area contributed by atoms with Gasteiger partial charge in [0.1, 0.15) is 5.01 Å². The van der Waals surface area contributed by atoms with Crippen LogP contribution in [0.3, 0.4) is 0 Å². The van der Waals surface area contributed by atoms with Gasteiger partial charge in [0.15, 0.2) is 5.96 Å². The number of rotatable bonds is 4. The SMILES string of the molecule is CCNC(=NCc1nc(C(C)(C)C)cs1)NC1CC1C.I. The van der Waals surface area contributed by atoms with Crippen molar-refractivity contribution >= 4 is 41.3 Å². The molecule has 0 aliphatic heterocycles. The maximum atomic E-state index is 4.68. The van der Waals surface area contributed by atoms with Crippen LogP contribution in [0, 0.1) is 5.92 Å². The molecule has 2 atom stereocenters. The Hall–Kier alpha value is -0.370. The van der Waals surface area contributed by atoms with Crippen LogP contribution in [-0.4, -0.2) is 23.5 Å². The fourth-order valence-electron chi connectivity index (χ4n) is 1.89. The molecule has 6 heteroatoms. The number of halogens is 1. The highest BCUT2D eigenvalue weighted by molar-refractivity contribution is 14.0. The Bertz CT molecular complexity index is 478. The van der Waals surface area contributed by atoms with E-state index in [1.54, 1.807) is 11.3 Å². The van der Waals surface area contributed by atoms with E-state index < -0.39 is 0 Å². The van der Waals surface area contributed by atoms with Crippen molar-refractivity contribution in [3.63, 3.8) is 0 Å². The molecule has 2 N–H and O–H groups in total. The maximum Gasteiger partial charge on any atom is 0.191 e. The molecule has 2 rings (SSSR count). The monoisotopic (exact) mass is 422 g/mol. The number of aromatic nitrogens is 1. The van der Waals surface area contributed by atoms with Crippen molar-refractivity contribution in [1.29, 1.82) is 0 Å².